The Morgan fingerprint density at radius 1 is 0.911 bits per heavy atom. The van der Waals surface area contributed by atoms with Crippen LogP contribution in [0.4, 0.5) is 0 Å². The molecule has 12 nitrogen and oxygen atoms in total. The van der Waals surface area contributed by atoms with Gasteiger partial charge in [-0.15, -0.1) is 0 Å². The predicted octanol–water partition coefficient (Wildman–Crippen LogP) is 5.10. The third-order valence-corrected chi connectivity index (χ3v) is 6.95. The largest absolute Gasteiger partial charge is 0.487 e. The van der Waals surface area contributed by atoms with E-state index in [9.17, 15) is 14.4 Å². The van der Waals surface area contributed by atoms with Gasteiger partial charge in [0.25, 0.3) is 0 Å². The van der Waals surface area contributed by atoms with Crippen LogP contribution in [0.5, 0.6) is 5.75 Å². The van der Waals surface area contributed by atoms with E-state index in [1.165, 1.54) is 17.2 Å². The number of carbonyl (C=O) groups is 2. The quantitative estimate of drug-likeness (QED) is 0.202. The van der Waals surface area contributed by atoms with Crippen LogP contribution in [0.3, 0.4) is 0 Å². The second-order valence-electron chi connectivity index (χ2n) is 9.50. The van der Waals surface area contributed by atoms with Crippen molar-refractivity contribution in [1.29, 1.82) is 0 Å². The standard InChI is InChI=1S/C20H19N3O3.C13H17N3O3/c1-4-15-16(5-2)23-19(21-13-22-23)17(20(24)25-6-3)18(15)26-12-14-10-8-7-9-11-14;1-4-8-9(5-2)16-12(14-7-15-16)10(11(8)17)13(18)19-6-3/h4-5,7-11,13H,1-2,6,12H2,3H3;7H,4-6H2,1-3H3,(H,14,15). The van der Waals surface area contributed by atoms with Gasteiger partial charge in [-0.1, -0.05) is 63.4 Å². The summed E-state index contributed by atoms with van der Waals surface area (Å²) in [5.41, 5.74) is 4.35. The van der Waals surface area contributed by atoms with E-state index in [4.69, 9.17) is 14.2 Å². The van der Waals surface area contributed by atoms with Crippen LogP contribution >= 0.6 is 0 Å². The Balaban J connectivity index is 0.000000215. The molecule has 5 aromatic rings. The number of benzene rings is 1. The molecule has 4 heterocycles. The fraction of sp³-hybridized carbons (Fsp3) is 0.273. The lowest BCUT2D eigenvalue weighted by Gasteiger charge is -2.17. The monoisotopic (exact) mass is 612 g/mol. The van der Waals surface area contributed by atoms with E-state index in [1.54, 1.807) is 30.5 Å². The highest BCUT2D eigenvalue weighted by Gasteiger charge is 2.26. The zero-order chi connectivity index (χ0) is 32.5. The summed E-state index contributed by atoms with van der Waals surface area (Å²) in [6, 6.07) is 9.68. The second-order valence-corrected chi connectivity index (χ2v) is 9.50. The van der Waals surface area contributed by atoms with Crippen LogP contribution in [0.1, 0.15) is 76.5 Å². The molecule has 0 saturated heterocycles. The number of aromatic amines is 1. The van der Waals surface area contributed by atoms with Gasteiger partial charge in [-0.3, -0.25) is 9.89 Å². The van der Waals surface area contributed by atoms with Crippen molar-refractivity contribution < 1.29 is 23.8 Å². The first-order valence-corrected chi connectivity index (χ1v) is 14.6. The number of hydrogen-bond donors (Lipinski definition) is 1. The van der Waals surface area contributed by atoms with Crippen LogP contribution in [-0.2, 0) is 28.9 Å². The van der Waals surface area contributed by atoms with Crippen LogP contribution in [0.25, 0.3) is 23.4 Å². The first kappa shape index (κ1) is 32.4. The number of nitrogens with zero attached hydrogens (tertiary/aromatic N) is 5. The van der Waals surface area contributed by atoms with Gasteiger partial charge in [0.2, 0.25) is 5.43 Å². The van der Waals surface area contributed by atoms with Gasteiger partial charge in [0, 0.05) is 16.8 Å². The van der Waals surface area contributed by atoms with Crippen molar-refractivity contribution in [3.63, 3.8) is 0 Å². The Bertz CT molecular complexity index is 1900. The number of fused-ring (bicyclic) bond motifs is 2. The van der Waals surface area contributed by atoms with Gasteiger partial charge in [0.1, 0.15) is 30.6 Å². The van der Waals surface area contributed by atoms with Crippen molar-refractivity contribution in [2.45, 2.75) is 47.1 Å². The van der Waals surface area contributed by atoms with Gasteiger partial charge in [-0.2, -0.15) is 5.10 Å². The molecule has 0 amide bonds. The minimum Gasteiger partial charge on any atom is -0.487 e. The van der Waals surface area contributed by atoms with Crippen LogP contribution in [0.2, 0.25) is 0 Å². The number of H-pyrrole nitrogens is 1. The highest BCUT2D eigenvalue weighted by atomic mass is 16.5. The molecule has 0 aliphatic heterocycles. The van der Waals surface area contributed by atoms with Gasteiger partial charge in [-0.25, -0.2) is 28.6 Å². The van der Waals surface area contributed by atoms with E-state index < -0.39 is 11.9 Å². The van der Waals surface area contributed by atoms with Crippen molar-refractivity contribution in [2.24, 2.45) is 0 Å². The average Bonchev–Trinajstić information content (AvgIpc) is 3.73. The number of esters is 2. The molecule has 4 aromatic heterocycles. The van der Waals surface area contributed by atoms with E-state index in [0.29, 0.717) is 46.7 Å². The Kier molecular flexibility index (Phi) is 10.6. The number of nitrogens with one attached hydrogen (secondary N) is 1. The summed E-state index contributed by atoms with van der Waals surface area (Å²) in [6.45, 7) is 15.8. The van der Waals surface area contributed by atoms with Crippen LogP contribution in [-0.4, -0.2) is 54.3 Å². The lowest BCUT2D eigenvalue weighted by atomic mass is 10.1. The Hall–Kier alpha value is -5.52. The SMILES string of the molecule is C=Cc1c(OCc2ccccc2)c(C(=O)OCC)c2ncnn2c1C=C.CCOC(=O)c1c(=O)c(CC)c(CC)n2[nH]cnc12. The smallest absolute Gasteiger partial charge is 0.346 e. The molecule has 0 atom stereocenters. The molecule has 0 aliphatic rings. The zero-order valence-electron chi connectivity index (χ0n) is 25.8. The van der Waals surface area contributed by atoms with Gasteiger partial charge < -0.3 is 14.2 Å². The van der Waals surface area contributed by atoms with Crippen LogP contribution in [0.15, 0.2) is 60.9 Å². The third-order valence-electron chi connectivity index (χ3n) is 6.95. The third kappa shape index (κ3) is 6.40. The Morgan fingerprint density at radius 3 is 2.20 bits per heavy atom. The fourth-order valence-electron chi connectivity index (χ4n) is 5.01. The lowest BCUT2D eigenvalue weighted by molar-refractivity contribution is 0.0514. The van der Waals surface area contributed by atoms with Gasteiger partial charge in [0.05, 0.1) is 18.9 Å². The molecular formula is C33H36N6O6. The average molecular weight is 613 g/mol. The summed E-state index contributed by atoms with van der Waals surface area (Å²) < 4.78 is 19.4. The van der Waals surface area contributed by atoms with Crippen LogP contribution in [0, 0.1) is 0 Å². The molecular weight excluding hydrogens is 576 g/mol. The van der Waals surface area contributed by atoms with Crippen molar-refractivity contribution in [1.82, 2.24) is 29.2 Å². The number of ether oxygens (including phenoxy) is 3. The number of hydrogen-bond acceptors (Lipinski definition) is 9. The molecule has 234 valence electrons. The van der Waals surface area contributed by atoms with Gasteiger partial charge in [0.15, 0.2) is 16.9 Å². The predicted molar refractivity (Wildman–Crippen MR) is 170 cm³/mol. The van der Waals surface area contributed by atoms with E-state index in [0.717, 1.165) is 11.3 Å². The minimum absolute atomic E-state index is 0.0113. The summed E-state index contributed by atoms with van der Waals surface area (Å²) in [4.78, 5) is 45.3. The number of carbonyl (C=O) groups excluding carboxylic acids is 2. The molecule has 1 N–H and O–H groups in total. The second kappa shape index (κ2) is 14.8. The number of aromatic nitrogens is 6. The van der Waals surface area contributed by atoms with Crippen molar-refractivity contribution in [3.05, 3.63) is 106 Å². The molecule has 1 aromatic carbocycles. The lowest BCUT2D eigenvalue weighted by Crippen LogP contribution is -2.25. The van der Waals surface area contributed by atoms with E-state index >= 15 is 0 Å². The highest BCUT2D eigenvalue weighted by Crippen LogP contribution is 2.33. The van der Waals surface area contributed by atoms with E-state index in [-0.39, 0.29) is 36.4 Å². The molecule has 45 heavy (non-hydrogen) atoms. The molecule has 0 saturated carbocycles. The first-order chi connectivity index (χ1) is 21.9. The zero-order valence-corrected chi connectivity index (χ0v) is 25.8. The molecule has 0 spiro atoms. The highest BCUT2D eigenvalue weighted by molar-refractivity contribution is 6.01. The summed E-state index contributed by atoms with van der Waals surface area (Å²) >= 11 is 0. The van der Waals surface area contributed by atoms with Crippen molar-refractivity contribution >= 4 is 35.4 Å². The van der Waals surface area contributed by atoms with Crippen LogP contribution < -0.4 is 10.2 Å². The summed E-state index contributed by atoms with van der Waals surface area (Å²) in [7, 11) is 0. The molecule has 0 radical (unpaired) electrons. The Labute approximate surface area is 260 Å². The summed E-state index contributed by atoms with van der Waals surface area (Å²) in [5.74, 6) is -0.778. The number of rotatable bonds is 11. The maximum atomic E-state index is 12.6. The van der Waals surface area contributed by atoms with Gasteiger partial charge in [-0.05, 0) is 38.3 Å². The Morgan fingerprint density at radius 2 is 1.60 bits per heavy atom. The maximum absolute atomic E-state index is 12.6. The molecule has 0 unspecified atom stereocenters. The fourth-order valence-corrected chi connectivity index (χ4v) is 5.01. The first-order valence-electron chi connectivity index (χ1n) is 14.6. The number of aryl methyl sites for hydroxylation is 1. The topological polar surface area (TPSA) is 142 Å². The molecule has 5 rings (SSSR count). The van der Waals surface area contributed by atoms with Crippen molar-refractivity contribution in [3.8, 4) is 5.75 Å². The minimum atomic E-state index is -0.616. The number of pyridine rings is 2. The molecule has 0 bridgehead atoms. The molecule has 12 heteroatoms. The van der Waals surface area contributed by atoms with E-state index in [2.05, 4.69) is 33.3 Å². The summed E-state index contributed by atoms with van der Waals surface area (Å²) in [5, 5.41) is 7.12. The maximum Gasteiger partial charge on any atom is 0.346 e. The van der Waals surface area contributed by atoms with Crippen molar-refractivity contribution in [2.75, 3.05) is 13.2 Å². The van der Waals surface area contributed by atoms with E-state index in [1.807, 2.05) is 44.2 Å². The normalized spacial score (nSPS) is 10.7. The van der Waals surface area contributed by atoms with Gasteiger partial charge >= 0.3 is 11.9 Å². The molecule has 0 aliphatic carbocycles. The molecule has 0 fully saturated rings. The summed E-state index contributed by atoms with van der Waals surface area (Å²) in [6.07, 6.45) is 7.33.